The van der Waals surface area contributed by atoms with Gasteiger partial charge in [0.25, 0.3) is 0 Å². The van der Waals surface area contributed by atoms with Crippen molar-refractivity contribution in [2.45, 2.75) is 6.61 Å². The van der Waals surface area contributed by atoms with Crippen molar-refractivity contribution in [1.82, 2.24) is 30.0 Å². The quantitative estimate of drug-likeness (QED) is 0.463. The van der Waals surface area contributed by atoms with Gasteiger partial charge in [-0.15, -0.1) is 10.2 Å². The molecule has 0 aliphatic heterocycles. The lowest BCUT2D eigenvalue weighted by Crippen LogP contribution is -1.98. The molecular formula is C20H16N6O2S. The molecule has 0 aliphatic rings. The molecule has 2 aromatic carbocycles. The van der Waals surface area contributed by atoms with Crippen LogP contribution in [0.5, 0.6) is 11.5 Å². The number of nitrogens with one attached hydrogen (secondary N) is 1. The smallest absolute Gasteiger partial charge is 0.235 e. The van der Waals surface area contributed by atoms with E-state index in [9.17, 15) is 0 Å². The van der Waals surface area contributed by atoms with E-state index in [4.69, 9.17) is 9.47 Å². The largest absolute Gasteiger partial charge is 0.497 e. The van der Waals surface area contributed by atoms with Gasteiger partial charge < -0.3 is 9.47 Å². The first-order valence-corrected chi connectivity index (χ1v) is 9.71. The number of nitrogens with zero attached hydrogens (tertiary/aromatic N) is 5. The van der Waals surface area contributed by atoms with E-state index in [0.29, 0.717) is 17.4 Å². The van der Waals surface area contributed by atoms with Gasteiger partial charge in [-0.1, -0.05) is 47.7 Å². The molecule has 0 atom stereocenters. The fourth-order valence-corrected chi connectivity index (χ4v) is 3.66. The molecule has 3 aromatic heterocycles. The number of aromatic amines is 1. The third-order valence-corrected chi connectivity index (χ3v) is 5.20. The Hall–Kier alpha value is -3.72. The summed E-state index contributed by atoms with van der Waals surface area (Å²) in [6, 6.07) is 19.4. The monoisotopic (exact) mass is 404 g/mol. The van der Waals surface area contributed by atoms with Gasteiger partial charge in [0.15, 0.2) is 5.01 Å². The molecule has 144 valence electrons. The minimum atomic E-state index is 0.332. The van der Waals surface area contributed by atoms with E-state index in [1.54, 1.807) is 11.6 Å². The van der Waals surface area contributed by atoms with E-state index in [-0.39, 0.29) is 0 Å². The summed E-state index contributed by atoms with van der Waals surface area (Å²) in [7, 11) is 1.63. The molecule has 5 rings (SSSR count). The second-order valence-electron chi connectivity index (χ2n) is 6.21. The molecule has 0 fully saturated rings. The number of H-pyrrole nitrogens is 1. The number of hydrogen-bond donors (Lipinski definition) is 1. The molecule has 0 saturated heterocycles. The summed E-state index contributed by atoms with van der Waals surface area (Å²) in [6.07, 6.45) is 0. The van der Waals surface area contributed by atoms with Crippen LogP contribution in [0.2, 0.25) is 0 Å². The van der Waals surface area contributed by atoms with Crippen molar-refractivity contribution in [3.8, 4) is 34.3 Å². The van der Waals surface area contributed by atoms with E-state index in [2.05, 4.69) is 25.5 Å². The Labute approximate surface area is 169 Å². The third-order valence-electron chi connectivity index (χ3n) is 4.32. The first-order valence-electron chi connectivity index (χ1n) is 8.89. The molecule has 9 heteroatoms. The zero-order valence-corrected chi connectivity index (χ0v) is 16.3. The predicted octanol–water partition coefficient (Wildman–Crippen LogP) is 3.83. The highest BCUT2D eigenvalue weighted by atomic mass is 32.1. The SMILES string of the molecule is COc1cccc(OCc2nn3c(-c4cc(-c5ccccc5)n[nH]4)nnc3s2)c1. The minimum absolute atomic E-state index is 0.332. The van der Waals surface area contributed by atoms with Gasteiger partial charge in [-0.05, 0) is 18.2 Å². The molecule has 0 unspecified atom stereocenters. The number of aromatic nitrogens is 6. The van der Waals surface area contributed by atoms with Crippen molar-refractivity contribution in [3.05, 3.63) is 65.7 Å². The van der Waals surface area contributed by atoms with Crippen molar-refractivity contribution in [2.24, 2.45) is 0 Å². The topological polar surface area (TPSA) is 90.2 Å². The van der Waals surface area contributed by atoms with Crippen LogP contribution in [0.25, 0.3) is 27.7 Å². The summed E-state index contributed by atoms with van der Waals surface area (Å²) in [4.78, 5) is 0.695. The van der Waals surface area contributed by atoms with Gasteiger partial charge in [-0.3, -0.25) is 5.10 Å². The molecule has 29 heavy (non-hydrogen) atoms. The van der Waals surface area contributed by atoms with Crippen LogP contribution in [0.1, 0.15) is 5.01 Å². The van der Waals surface area contributed by atoms with E-state index in [1.807, 2.05) is 60.7 Å². The summed E-state index contributed by atoms with van der Waals surface area (Å²) in [6.45, 7) is 0.332. The predicted molar refractivity (Wildman–Crippen MR) is 109 cm³/mol. The maximum Gasteiger partial charge on any atom is 0.235 e. The zero-order valence-electron chi connectivity index (χ0n) is 15.4. The van der Waals surface area contributed by atoms with Crippen LogP contribution < -0.4 is 9.47 Å². The highest BCUT2D eigenvalue weighted by Crippen LogP contribution is 2.25. The summed E-state index contributed by atoms with van der Waals surface area (Å²) in [5, 5.41) is 21.3. The highest BCUT2D eigenvalue weighted by molar-refractivity contribution is 7.16. The number of fused-ring (bicyclic) bond motifs is 1. The lowest BCUT2D eigenvalue weighted by molar-refractivity contribution is 0.301. The lowest BCUT2D eigenvalue weighted by Gasteiger charge is -2.05. The standard InChI is InChI=1S/C20H16N6O2S/c1-27-14-8-5-9-15(10-14)28-12-18-25-26-19(23-24-20(26)29-18)17-11-16(21-22-17)13-6-3-2-4-7-13/h2-11H,12H2,1H3,(H,21,22). The van der Waals surface area contributed by atoms with Crippen molar-refractivity contribution < 1.29 is 9.47 Å². The Kier molecular flexibility index (Phi) is 4.41. The summed E-state index contributed by atoms with van der Waals surface area (Å²) in [5.41, 5.74) is 2.62. The number of rotatable bonds is 6. The summed E-state index contributed by atoms with van der Waals surface area (Å²) >= 11 is 1.43. The van der Waals surface area contributed by atoms with Gasteiger partial charge in [0.2, 0.25) is 10.8 Å². The Morgan fingerprint density at radius 2 is 1.86 bits per heavy atom. The summed E-state index contributed by atoms with van der Waals surface area (Å²) < 4.78 is 12.7. The minimum Gasteiger partial charge on any atom is -0.497 e. The molecule has 0 bridgehead atoms. The van der Waals surface area contributed by atoms with Crippen molar-refractivity contribution in [2.75, 3.05) is 7.11 Å². The van der Waals surface area contributed by atoms with Crippen LogP contribution in [0.3, 0.4) is 0 Å². The molecule has 0 amide bonds. The number of benzene rings is 2. The molecule has 8 nitrogen and oxygen atoms in total. The van der Waals surface area contributed by atoms with E-state index in [1.165, 1.54) is 11.3 Å². The van der Waals surface area contributed by atoms with Gasteiger partial charge >= 0.3 is 0 Å². The first kappa shape index (κ1) is 17.4. The van der Waals surface area contributed by atoms with Crippen LogP contribution in [-0.2, 0) is 6.61 Å². The second kappa shape index (κ2) is 7.36. The van der Waals surface area contributed by atoms with Crippen LogP contribution in [0.4, 0.5) is 0 Å². The molecule has 0 saturated carbocycles. The van der Waals surface area contributed by atoms with Gasteiger partial charge in [-0.25, -0.2) is 0 Å². The average Bonchev–Trinajstić information content (AvgIpc) is 3.49. The van der Waals surface area contributed by atoms with Gasteiger partial charge in [0.1, 0.15) is 23.8 Å². The van der Waals surface area contributed by atoms with E-state index in [0.717, 1.165) is 33.5 Å². The fraction of sp³-hybridized carbons (Fsp3) is 0.100. The number of ether oxygens (including phenoxy) is 2. The molecule has 0 radical (unpaired) electrons. The highest BCUT2D eigenvalue weighted by Gasteiger charge is 2.16. The molecule has 5 aromatic rings. The lowest BCUT2D eigenvalue weighted by atomic mass is 10.1. The molecule has 0 aliphatic carbocycles. The summed E-state index contributed by atoms with van der Waals surface area (Å²) in [5.74, 6) is 2.08. The van der Waals surface area contributed by atoms with Crippen LogP contribution >= 0.6 is 11.3 Å². The molecular weight excluding hydrogens is 388 g/mol. The Balaban J connectivity index is 1.38. The molecule has 3 heterocycles. The average molecular weight is 404 g/mol. The maximum atomic E-state index is 5.83. The third kappa shape index (κ3) is 3.43. The van der Waals surface area contributed by atoms with Crippen LogP contribution in [0, 0.1) is 0 Å². The number of hydrogen-bond acceptors (Lipinski definition) is 7. The fourth-order valence-electron chi connectivity index (χ4n) is 2.91. The normalized spacial score (nSPS) is 11.1. The number of methoxy groups -OCH3 is 1. The van der Waals surface area contributed by atoms with Gasteiger partial charge in [-0.2, -0.15) is 14.7 Å². The second-order valence-corrected chi connectivity index (χ2v) is 7.25. The Morgan fingerprint density at radius 1 is 1.00 bits per heavy atom. The first-order chi connectivity index (χ1) is 14.3. The Bertz CT molecular complexity index is 1260. The zero-order chi connectivity index (χ0) is 19.6. The van der Waals surface area contributed by atoms with Crippen LogP contribution in [-0.4, -0.2) is 37.1 Å². The maximum absolute atomic E-state index is 5.83. The van der Waals surface area contributed by atoms with Gasteiger partial charge in [0, 0.05) is 11.6 Å². The van der Waals surface area contributed by atoms with Crippen LogP contribution in [0.15, 0.2) is 60.7 Å². The van der Waals surface area contributed by atoms with Crippen molar-refractivity contribution in [3.63, 3.8) is 0 Å². The molecule has 0 spiro atoms. The van der Waals surface area contributed by atoms with E-state index < -0.39 is 0 Å². The van der Waals surface area contributed by atoms with Crippen molar-refractivity contribution >= 4 is 16.3 Å². The Morgan fingerprint density at radius 3 is 2.72 bits per heavy atom. The molecule has 1 N–H and O–H groups in total. The van der Waals surface area contributed by atoms with Crippen molar-refractivity contribution in [1.29, 1.82) is 0 Å². The van der Waals surface area contributed by atoms with E-state index >= 15 is 0 Å². The van der Waals surface area contributed by atoms with Gasteiger partial charge in [0.05, 0.1) is 12.8 Å².